The number of imide groups is 1. The Labute approximate surface area is 233 Å². The van der Waals surface area contributed by atoms with Crippen molar-refractivity contribution < 1.29 is 14.4 Å². The number of anilines is 1. The van der Waals surface area contributed by atoms with Gasteiger partial charge in [-0.2, -0.15) is 0 Å². The Morgan fingerprint density at radius 3 is 2.54 bits per heavy atom. The van der Waals surface area contributed by atoms with Gasteiger partial charge in [0.1, 0.15) is 6.54 Å². The van der Waals surface area contributed by atoms with Crippen molar-refractivity contribution in [1.29, 1.82) is 0 Å². The third kappa shape index (κ3) is 5.19. The summed E-state index contributed by atoms with van der Waals surface area (Å²) in [6.07, 6.45) is 3.73. The predicted molar refractivity (Wildman–Crippen MR) is 158 cm³/mol. The zero-order chi connectivity index (χ0) is 26.9. The highest BCUT2D eigenvalue weighted by Crippen LogP contribution is 2.34. The van der Waals surface area contributed by atoms with Crippen LogP contribution < -0.4 is 5.32 Å². The first-order valence-electron chi connectivity index (χ1n) is 12.3. The second-order valence-electron chi connectivity index (χ2n) is 9.24. The minimum atomic E-state index is -0.488. The number of carbonyl (C=O) groups is 3. The van der Waals surface area contributed by atoms with E-state index in [-0.39, 0.29) is 11.4 Å². The van der Waals surface area contributed by atoms with E-state index in [1.165, 1.54) is 10.8 Å². The van der Waals surface area contributed by atoms with Crippen LogP contribution in [-0.4, -0.2) is 33.1 Å². The topological polar surface area (TPSA) is 71.4 Å². The van der Waals surface area contributed by atoms with Gasteiger partial charge < -0.3 is 9.88 Å². The van der Waals surface area contributed by atoms with Crippen molar-refractivity contribution in [2.24, 2.45) is 0 Å². The van der Waals surface area contributed by atoms with Gasteiger partial charge in [0.15, 0.2) is 0 Å². The number of nitrogens with one attached hydrogen (secondary N) is 1. The van der Waals surface area contributed by atoms with Crippen LogP contribution >= 0.6 is 23.4 Å². The molecule has 0 saturated carbocycles. The second kappa shape index (κ2) is 10.4. The maximum absolute atomic E-state index is 13.1. The number of hydrogen-bond donors (Lipinski definition) is 1. The summed E-state index contributed by atoms with van der Waals surface area (Å²) in [7, 11) is 0. The number of aromatic nitrogens is 1. The molecule has 1 aromatic heterocycles. The fourth-order valence-electron chi connectivity index (χ4n) is 4.74. The zero-order valence-corrected chi connectivity index (χ0v) is 22.2. The van der Waals surface area contributed by atoms with Crippen molar-refractivity contribution in [2.45, 2.75) is 6.54 Å². The Bertz CT molecular complexity index is 1810. The van der Waals surface area contributed by atoms with Crippen LogP contribution in [0.1, 0.15) is 11.1 Å². The Kier molecular flexibility index (Phi) is 6.69. The largest absolute Gasteiger partial charge is 0.342 e. The van der Waals surface area contributed by atoms with E-state index in [4.69, 9.17) is 11.6 Å². The van der Waals surface area contributed by atoms with E-state index in [1.807, 2.05) is 42.6 Å². The van der Waals surface area contributed by atoms with Crippen LogP contribution in [0.15, 0.2) is 102 Å². The number of para-hydroxylation sites is 1. The van der Waals surface area contributed by atoms with Crippen LogP contribution in [0, 0.1) is 0 Å². The monoisotopic (exact) mass is 551 g/mol. The number of amides is 3. The SMILES string of the molecule is O=C(CN1C(=O)S/C(=C\c2cn(Cc3ccc4ccccc4c3)c3ccccc23)C1=O)Nc1cccc(Cl)c1. The van der Waals surface area contributed by atoms with E-state index in [0.717, 1.165) is 38.7 Å². The average molecular weight is 552 g/mol. The van der Waals surface area contributed by atoms with Crippen LogP contribution in [-0.2, 0) is 16.1 Å². The Balaban J connectivity index is 1.24. The molecular weight excluding hydrogens is 530 g/mol. The molecule has 6 nitrogen and oxygen atoms in total. The van der Waals surface area contributed by atoms with Crippen molar-refractivity contribution in [3.8, 4) is 0 Å². The Morgan fingerprint density at radius 1 is 0.897 bits per heavy atom. The molecule has 4 aromatic carbocycles. The highest BCUT2D eigenvalue weighted by atomic mass is 35.5. The highest BCUT2D eigenvalue weighted by molar-refractivity contribution is 8.18. The van der Waals surface area contributed by atoms with Crippen molar-refractivity contribution in [2.75, 3.05) is 11.9 Å². The second-order valence-corrected chi connectivity index (χ2v) is 10.7. The highest BCUT2D eigenvalue weighted by Gasteiger charge is 2.36. The van der Waals surface area contributed by atoms with Crippen LogP contribution in [0.5, 0.6) is 0 Å². The normalized spacial score (nSPS) is 14.6. The summed E-state index contributed by atoms with van der Waals surface area (Å²) in [6, 6.07) is 29.3. The number of fused-ring (bicyclic) bond motifs is 2. The van der Waals surface area contributed by atoms with E-state index in [9.17, 15) is 14.4 Å². The van der Waals surface area contributed by atoms with Gasteiger partial charge in [-0.3, -0.25) is 19.3 Å². The molecule has 39 heavy (non-hydrogen) atoms. The van der Waals surface area contributed by atoms with Gasteiger partial charge in [-0.1, -0.05) is 72.3 Å². The van der Waals surface area contributed by atoms with E-state index >= 15 is 0 Å². The predicted octanol–water partition coefficient (Wildman–Crippen LogP) is 7.17. The lowest BCUT2D eigenvalue weighted by Crippen LogP contribution is -2.36. The molecule has 0 radical (unpaired) electrons. The van der Waals surface area contributed by atoms with Gasteiger partial charge in [0.05, 0.1) is 4.91 Å². The molecule has 6 rings (SSSR count). The molecule has 0 aliphatic carbocycles. The first-order chi connectivity index (χ1) is 18.9. The lowest BCUT2D eigenvalue weighted by Gasteiger charge is -2.12. The Morgan fingerprint density at radius 2 is 1.69 bits per heavy atom. The lowest BCUT2D eigenvalue weighted by molar-refractivity contribution is -0.127. The molecule has 0 atom stereocenters. The zero-order valence-electron chi connectivity index (χ0n) is 20.6. The van der Waals surface area contributed by atoms with Gasteiger partial charge in [0.25, 0.3) is 11.1 Å². The van der Waals surface area contributed by atoms with Gasteiger partial charge in [0.2, 0.25) is 5.91 Å². The summed E-state index contributed by atoms with van der Waals surface area (Å²) >= 11 is 6.81. The number of benzene rings is 4. The molecule has 2 heterocycles. The number of carbonyl (C=O) groups excluding carboxylic acids is 3. The fraction of sp³-hybridized carbons (Fsp3) is 0.0645. The summed E-state index contributed by atoms with van der Waals surface area (Å²) in [5, 5.41) is 6.02. The number of hydrogen-bond acceptors (Lipinski definition) is 4. The van der Waals surface area contributed by atoms with Gasteiger partial charge >= 0.3 is 0 Å². The molecular formula is C31H22ClN3O3S. The molecule has 1 N–H and O–H groups in total. The third-order valence-corrected chi connectivity index (χ3v) is 7.70. The molecule has 3 amide bonds. The third-order valence-electron chi connectivity index (χ3n) is 6.56. The number of rotatable bonds is 6. The van der Waals surface area contributed by atoms with Crippen LogP contribution in [0.3, 0.4) is 0 Å². The average Bonchev–Trinajstić information content (AvgIpc) is 3.40. The van der Waals surface area contributed by atoms with Crippen molar-refractivity contribution in [3.63, 3.8) is 0 Å². The molecule has 0 spiro atoms. The summed E-state index contributed by atoms with van der Waals surface area (Å²) in [6.45, 7) is 0.280. The van der Waals surface area contributed by atoms with E-state index in [0.29, 0.717) is 17.3 Å². The summed E-state index contributed by atoms with van der Waals surface area (Å²) in [4.78, 5) is 39.6. The minimum Gasteiger partial charge on any atom is -0.342 e. The molecule has 8 heteroatoms. The van der Waals surface area contributed by atoms with Gasteiger partial charge in [-0.15, -0.1) is 0 Å². The molecule has 1 aliphatic heterocycles. The number of halogens is 1. The molecule has 5 aromatic rings. The van der Waals surface area contributed by atoms with Crippen molar-refractivity contribution >= 4 is 73.9 Å². The summed E-state index contributed by atoms with van der Waals surface area (Å²) in [5.41, 5.74) is 3.51. The van der Waals surface area contributed by atoms with Crippen LogP contribution in [0.25, 0.3) is 27.8 Å². The van der Waals surface area contributed by atoms with E-state index in [2.05, 4.69) is 40.2 Å². The first kappa shape index (κ1) is 25.0. The van der Waals surface area contributed by atoms with Gasteiger partial charge in [-0.05, 0) is 64.5 Å². The maximum atomic E-state index is 13.1. The van der Waals surface area contributed by atoms with E-state index in [1.54, 1.807) is 30.3 Å². The molecule has 0 bridgehead atoms. The minimum absolute atomic E-state index is 0.282. The number of nitrogens with zero attached hydrogens (tertiary/aromatic N) is 2. The molecule has 192 valence electrons. The first-order valence-corrected chi connectivity index (χ1v) is 13.5. The Hall–Kier alpha value is -4.33. The summed E-state index contributed by atoms with van der Waals surface area (Å²) < 4.78 is 2.15. The summed E-state index contributed by atoms with van der Waals surface area (Å²) in [5.74, 6) is -0.967. The molecule has 1 saturated heterocycles. The smallest absolute Gasteiger partial charge is 0.294 e. The van der Waals surface area contributed by atoms with Gasteiger partial charge in [0, 0.05) is 39.9 Å². The van der Waals surface area contributed by atoms with Crippen molar-refractivity contribution in [3.05, 3.63) is 118 Å². The van der Waals surface area contributed by atoms with Gasteiger partial charge in [-0.25, -0.2) is 0 Å². The fourth-order valence-corrected chi connectivity index (χ4v) is 5.76. The number of thioether (sulfide) groups is 1. The van der Waals surface area contributed by atoms with Crippen LogP contribution in [0.4, 0.5) is 10.5 Å². The quantitative estimate of drug-likeness (QED) is 0.227. The molecule has 1 fully saturated rings. The molecule has 1 aliphatic rings. The van der Waals surface area contributed by atoms with Crippen molar-refractivity contribution in [1.82, 2.24) is 9.47 Å². The lowest BCUT2D eigenvalue weighted by atomic mass is 10.1. The van der Waals surface area contributed by atoms with E-state index < -0.39 is 17.1 Å². The molecule has 0 unspecified atom stereocenters. The van der Waals surface area contributed by atoms with Crippen LogP contribution in [0.2, 0.25) is 5.02 Å². The standard InChI is InChI=1S/C31H22ClN3O3S/c32-24-8-5-9-25(16-24)33-29(36)19-35-30(37)28(39-31(35)38)15-23-18-34(27-11-4-3-10-26(23)27)17-20-12-13-21-6-1-2-7-22(21)14-20/h1-16,18H,17,19H2,(H,33,36)/b28-15-. The maximum Gasteiger partial charge on any atom is 0.294 e.